The van der Waals surface area contributed by atoms with Crippen LogP contribution in [0.25, 0.3) is 5.57 Å². The molecule has 0 radical (unpaired) electrons. The highest BCUT2D eigenvalue weighted by Crippen LogP contribution is 2.19. The summed E-state index contributed by atoms with van der Waals surface area (Å²) in [6, 6.07) is 8.96. The molecule has 1 aromatic carbocycles. The van der Waals surface area contributed by atoms with E-state index in [-0.39, 0.29) is 0 Å². The monoisotopic (exact) mass is 245 g/mol. The van der Waals surface area contributed by atoms with E-state index in [1.165, 1.54) is 23.1 Å². The maximum atomic E-state index is 3.42. The zero-order valence-corrected chi connectivity index (χ0v) is 12.3. The molecule has 18 heavy (non-hydrogen) atoms. The third-order valence-electron chi connectivity index (χ3n) is 3.23. The molecule has 1 rings (SSSR count). The van der Waals surface area contributed by atoms with Crippen LogP contribution in [0.5, 0.6) is 0 Å². The zero-order valence-electron chi connectivity index (χ0n) is 12.3. The summed E-state index contributed by atoms with van der Waals surface area (Å²) in [5.41, 5.74) is 4.13. The lowest BCUT2D eigenvalue weighted by Gasteiger charge is -2.07. The molecule has 100 valence electrons. The van der Waals surface area contributed by atoms with Gasteiger partial charge in [0.2, 0.25) is 0 Å². The zero-order chi connectivity index (χ0) is 13.4. The molecule has 1 nitrogen and oxygen atoms in total. The molecule has 0 aliphatic rings. The Morgan fingerprint density at radius 3 is 2.39 bits per heavy atom. The van der Waals surface area contributed by atoms with Crippen LogP contribution in [0.4, 0.5) is 0 Å². The minimum absolute atomic E-state index is 0.613. The maximum absolute atomic E-state index is 3.42. The minimum atomic E-state index is 0.613. The molecule has 1 heteroatoms. The van der Waals surface area contributed by atoms with Gasteiger partial charge in [-0.25, -0.2) is 0 Å². The number of allylic oxidation sites excluding steroid dienone is 1. The summed E-state index contributed by atoms with van der Waals surface area (Å²) in [6.07, 6.45) is 4.64. The second-order valence-electron chi connectivity index (χ2n) is 5.20. The van der Waals surface area contributed by atoms with Crippen molar-refractivity contribution in [2.24, 2.45) is 0 Å². The molecule has 0 saturated carbocycles. The number of hydrogen-bond acceptors (Lipinski definition) is 1. The molecular formula is C17H27N. The molecule has 0 amide bonds. The molecule has 1 aromatic rings. The Hall–Kier alpha value is -1.08. The van der Waals surface area contributed by atoms with Gasteiger partial charge in [-0.15, -0.1) is 0 Å². The van der Waals surface area contributed by atoms with Crippen molar-refractivity contribution in [2.45, 2.75) is 46.5 Å². The van der Waals surface area contributed by atoms with Crippen LogP contribution < -0.4 is 5.32 Å². The molecule has 0 aliphatic heterocycles. The van der Waals surface area contributed by atoms with Crippen molar-refractivity contribution in [3.05, 3.63) is 41.5 Å². The first-order valence-electron chi connectivity index (χ1n) is 7.13. The van der Waals surface area contributed by atoms with Crippen molar-refractivity contribution in [1.82, 2.24) is 5.32 Å². The Bertz CT molecular complexity index is 360. The summed E-state index contributed by atoms with van der Waals surface area (Å²) >= 11 is 0. The number of benzene rings is 1. The highest BCUT2D eigenvalue weighted by Gasteiger charge is 1.99. The summed E-state index contributed by atoms with van der Waals surface area (Å²) in [4.78, 5) is 0. The van der Waals surface area contributed by atoms with Crippen LogP contribution in [0.2, 0.25) is 0 Å². The van der Waals surface area contributed by atoms with Crippen molar-refractivity contribution in [2.75, 3.05) is 13.1 Å². The Labute approximate surface area is 112 Å². The van der Waals surface area contributed by atoms with E-state index >= 15 is 0 Å². The fraction of sp³-hybridized carbons (Fsp3) is 0.529. The third kappa shape index (κ3) is 5.05. The molecule has 0 fully saturated rings. The molecule has 0 saturated heterocycles. The third-order valence-corrected chi connectivity index (χ3v) is 3.23. The van der Waals surface area contributed by atoms with Gasteiger partial charge in [-0.05, 0) is 55.5 Å². The largest absolute Gasteiger partial charge is 0.316 e. The van der Waals surface area contributed by atoms with E-state index in [2.05, 4.69) is 63.4 Å². The van der Waals surface area contributed by atoms with Crippen LogP contribution in [0.15, 0.2) is 30.3 Å². The lowest BCUT2D eigenvalue weighted by atomic mass is 9.99. The van der Waals surface area contributed by atoms with Crippen molar-refractivity contribution in [3.8, 4) is 0 Å². The molecule has 0 bridgehead atoms. The molecule has 0 unspecified atom stereocenters. The summed E-state index contributed by atoms with van der Waals surface area (Å²) in [7, 11) is 0. The fourth-order valence-electron chi connectivity index (χ4n) is 1.94. The fourth-order valence-corrected chi connectivity index (χ4v) is 1.94. The second kappa shape index (κ2) is 8.10. The van der Waals surface area contributed by atoms with Gasteiger partial charge in [0.15, 0.2) is 0 Å². The number of nitrogens with one attached hydrogen (secondary N) is 1. The van der Waals surface area contributed by atoms with Crippen LogP contribution in [0.3, 0.4) is 0 Å². The average molecular weight is 245 g/mol. The van der Waals surface area contributed by atoms with Gasteiger partial charge >= 0.3 is 0 Å². The van der Waals surface area contributed by atoms with E-state index in [0.29, 0.717) is 5.92 Å². The standard InChI is InChI=1S/C17H27N/c1-5-12-18-13-6-7-15(4)17-10-8-16(9-11-17)14(2)3/h7-11,14,18H,5-6,12-13H2,1-4H3. The van der Waals surface area contributed by atoms with Gasteiger partial charge < -0.3 is 5.32 Å². The highest BCUT2D eigenvalue weighted by atomic mass is 14.8. The Morgan fingerprint density at radius 1 is 1.17 bits per heavy atom. The van der Waals surface area contributed by atoms with E-state index in [1.807, 2.05) is 0 Å². The van der Waals surface area contributed by atoms with Crippen LogP contribution in [-0.4, -0.2) is 13.1 Å². The second-order valence-corrected chi connectivity index (χ2v) is 5.20. The minimum Gasteiger partial charge on any atom is -0.316 e. The van der Waals surface area contributed by atoms with Gasteiger partial charge in [-0.2, -0.15) is 0 Å². The van der Waals surface area contributed by atoms with Gasteiger partial charge in [-0.3, -0.25) is 0 Å². The van der Waals surface area contributed by atoms with E-state index in [9.17, 15) is 0 Å². The smallest absolute Gasteiger partial charge is 0.00141 e. The predicted molar refractivity (Wildman–Crippen MR) is 82.0 cm³/mol. The lowest BCUT2D eigenvalue weighted by molar-refractivity contribution is 0.678. The van der Waals surface area contributed by atoms with Gasteiger partial charge in [0.1, 0.15) is 0 Å². The first-order valence-corrected chi connectivity index (χ1v) is 7.13. The van der Waals surface area contributed by atoms with Crippen molar-refractivity contribution >= 4 is 5.57 Å². The quantitative estimate of drug-likeness (QED) is 0.692. The molecule has 0 aliphatic carbocycles. The molecule has 0 atom stereocenters. The first-order chi connectivity index (χ1) is 8.65. The van der Waals surface area contributed by atoms with Crippen LogP contribution in [0, 0.1) is 0 Å². The SMILES string of the molecule is CCCNCCC=C(C)c1ccc(C(C)C)cc1. The molecule has 0 spiro atoms. The summed E-state index contributed by atoms with van der Waals surface area (Å²) in [6.45, 7) is 11.1. The lowest BCUT2D eigenvalue weighted by Crippen LogP contribution is -2.15. The van der Waals surface area contributed by atoms with E-state index in [1.54, 1.807) is 0 Å². The van der Waals surface area contributed by atoms with E-state index < -0.39 is 0 Å². The molecule has 0 heterocycles. The molecule has 0 aromatic heterocycles. The molecular weight excluding hydrogens is 218 g/mol. The van der Waals surface area contributed by atoms with Gasteiger partial charge in [0.25, 0.3) is 0 Å². The predicted octanol–water partition coefficient (Wildman–Crippen LogP) is 4.60. The summed E-state index contributed by atoms with van der Waals surface area (Å²) in [5.74, 6) is 0.613. The number of hydrogen-bond donors (Lipinski definition) is 1. The average Bonchev–Trinajstić information content (AvgIpc) is 2.38. The summed E-state index contributed by atoms with van der Waals surface area (Å²) in [5, 5.41) is 3.42. The van der Waals surface area contributed by atoms with E-state index in [0.717, 1.165) is 19.5 Å². The van der Waals surface area contributed by atoms with Crippen LogP contribution in [0.1, 0.15) is 57.6 Å². The molecule has 1 N–H and O–H groups in total. The Morgan fingerprint density at radius 2 is 1.83 bits per heavy atom. The van der Waals surface area contributed by atoms with Crippen molar-refractivity contribution < 1.29 is 0 Å². The summed E-state index contributed by atoms with van der Waals surface area (Å²) < 4.78 is 0. The van der Waals surface area contributed by atoms with Gasteiger partial charge in [0, 0.05) is 0 Å². The maximum Gasteiger partial charge on any atom is -0.00141 e. The first kappa shape index (κ1) is 15.0. The van der Waals surface area contributed by atoms with Crippen molar-refractivity contribution in [1.29, 1.82) is 0 Å². The van der Waals surface area contributed by atoms with Crippen LogP contribution in [-0.2, 0) is 0 Å². The highest BCUT2D eigenvalue weighted by molar-refractivity contribution is 5.63. The van der Waals surface area contributed by atoms with Gasteiger partial charge in [-0.1, -0.05) is 51.1 Å². The van der Waals surface area contributed by atoms with Crippen molar-refractivity contribution in [3.63, 3.8) is 0 Å². The number of rotatable bonds is 7. The van der Waals surface area contributed by atoms with Crippen LogP contribution >= 0.6 is 0 Å². The Balaban J connectivity index is 2.50. The Kier molecular flexibility index (Phi) is 6.74. The van der Waals surface area contributed by atoms with Gasteiger partial charge in [0.05, 0.1) is 0 Å². The topological polar surface area (TPSA) is 12.0 Å². The van der Waals surface area contributed by atoms with E-state index in [4.69, 9.17) is 0 Å². The normalized spacial score (nSPS) is 12.2.